The highest BCUT2D eigenvalue weighted by Gasteiger charge is 2.23. The Hall–Kier alpha value is -1.61. The number of nitrogens with zero attached hydrogens (tertiary/aromatic N) is 2. The minimum absolute atomic E-state index is 0.156. The molecule has 0 spiro atoms. The van der Waals surface area contributed by atoms with Crippen molar-refractivity contribution in [1.29, 1.82) is 0 Å². The van der Waals surface area contributed by atoms with Gasteiger partial charge in [0, 0.05) is 6.04 Å². The fourth-order valence-electron chi connectivity index (χ4n) is 2.93. The predicted molar refractivity (Wildman–Crippen MR) is 98.2 cm³/mol. The van der Waals surface area contributed by atoms with Gasteiger partial charge < -0.3 is 10.1 Å². The highest BCUT2D eigenvalue weighted by molar-refractivity contribution is 7.92. The van der Waals surface area contributed by atoms with Crippen molar-refractivity contribution in [3.63, 3.8) is 0 Å². The average Bonchev–Trinajstić information content (AvgIpc) is 3.33. The summed E-state index contributed by atoms with van der Waals surface area (Å²) in [5, 5.41) is 8.14. The van der Waals surface area contributed by atoms with Crippen LogP contribution in [0.2, 0.25) is 4.34 Å². The lowest BCUT2D eigenvalue weighted by molar-refractivity contribution is 0.280. The van der Waals surface area contributed by atoms with E-state index in [1.165, 1.54) is 12.3 Å². The van der Waals surface area contributed by atoms with E-state index >= 15 is 0 Å². The lowest BCUT2D eigenvalue weighted by atomic mass is 10.2. The Kier molecular flexibility index (Phi) is 4.45. The van der Waals surface area contributed by atoms with Crippen molar-refractivity contribution in [2.45, 2.75) is 23.1 Å². The Morgan fingerprint density at radius 2 is 2.24 bits per heavy atom. The van der Waals surface area contributed by atoms with Gasteiger partial charge in [-0.2, -0.15) is 17.6 Å². The zero-order chi connectivity index (χ0) is 17.4. The quantitative estimate of drug-likeness (QED) is 0.716. The fraction of sp³-hybridized carbons (Fsp3) is 0.312. The van der Waals surface area contributed by atoms with Crippen LogP contribution in [0.15, 0.2) is 40.7 Å². The number of thiophene rings is 1. The minimum atomic E-state index is -3.78. The second-order valence-electron chi connectivity index (χ2n) is 5.84. The number of hydrogen-bond acceptors (Lipinski definition) is 6. The third-order valence-electron chi connectivity index (χ3n) is 4.17. The molecule has 1 aliphatic rings. The maximum atomic E-state index is 12.8. The first-order chi connectivity index (χ1) is 12.1. The second kappa shape index (κ2) is 6.60. The molecule has 1 saturated heterocycles. The van der Waals surface area contributed by atoms with Gasteiger partial charge in [0.05, 0.1) is 21.4 Å². The summed E-state index contributed by atoms with van der Waals surface area (Å²) in [7, 11) is -3.78. The van der Waals surface area contributed by atoms with Crippen LogP contribution in [0.3, 0.4) is 0 Å². The summed E-state index contributed by atoms with van der Waals surface area (Å²) in [5.41, 5.74) is 0.487. The fourth-order valence-corrected chi connectivity index (χ4v) is 5.75. The second-order valence-corrected chi connectivity index (χ2v) is 9.55. The van der Waals surface area contributed by atoms with Crippen molar-refractivity contribution in [3.05, 3.63) is 40.9 Å². The molecule has 1 aliphatic heterocycles. The third-order valence-corrected chi connectivity index (χ3v) is 7.47. The van der Waals surface area contributed by atoms with Crippen molar-refractivity contribution in [1.82, 2.24) is 14.5 Å². The van der Waals surface area contributed by atoms with Crippen LogP contribution >= 0.6 is 22.9 Å². The van der Waals surface area contributed by atoms with Crippen molar-refractivity contribution in [3.8, 4) is 5.75 Å². The molecule has 25 heavy (non-hydrogen) atoms. The number of rotatable bonds is 5. The highest BCUT2D eigenvalue weighted by Crippen LogP contribution is 2.31. The number of fused-ring (bicyclic) bond motifs is 1. The molecule has 9 heteroatoms. The Labute approximate surface area is 154 Å². The summed E-state index contributed by atoms with van der Waals surface area (Å²) in [6.07, 6.45) is 3.76. The molecule has 0 aliphatic carbocycles. The first-order valence-electron chi connectivity index (χ1n) is 7.89. The molecule has 3 heterocycles. The summed E-state index contributed by atoms with van der Waals surface area (Å²) in [6.45, 7) is 1.56. The van der Waals surface area contributed by atoms with E-state index in [9.17, 15) is 8.42 Å². The summed E-state index contributed by atoms with van der Waals surface area (Å²) < 4.78 is 33.1. The minimum Gasteiger partial charge on any atom is -0.491 e. The normalized spacial score (nSPS) is 18.0. The molecule has 1 N–H and O–H groups in total. The van der Waals surface area contributed by atoms with Crippen LogP contribution in [0.5, 0.6) is 5.75 Å². The van der Waals surface area contributed by atoms with Gasteiger partial charge in [0.15, 0.2) is 0 Å². The smallest absolute Gasteiger partial charge is 0.293 e. The number of benzene rings is 1. The molecular weight excluding hydrogens is 382 g/mol. The van der Waals surface area contributed by atoms with Gasteiger partial charge in [0.25, 0.3) is 10.0 Å². The molecule has 1 atom stereocenters. The molecule has 3 aromatic rings. The predicted octanol–water partition coefficient (Wildman–Crippen LogP) is 3.12. The molecule has 0 bridgehead atoms. The number of halogens is 1. The summed E-state index contributed by atoms with van der Waals surface area (Å²) >= 11 is 6.88. The SMILES string of the molecule is O=S(=O)(c1ccc(Cl)s1)n1ncc2c(OCC3CCCN3)cccc21. The van der Waals surface area contributed by atoms with E-state index in [4.69, 9.17) is 16.3 Å². The van der Waals surface area contributed by atoms with Gasteiger partial charge in [-0.15, -0.1) is 11.3 Å². The van der Waals surface area contributed by atoms with E-state index in [2.05, 4.69) is 10.4 Å². The van der Waals surface area contributed by atoms with Gasteiger partial charge >= 0.3 is 0 Å². The average molecular weight is 398 g/mol. The van der Waals surface area contributed by atoms with Crippen LogP contribution in [-0.2, 0) is 10.0 Å². The van der Waals surface area contributed by atoms with E-state index in [-0.39, 0.29) is 4.21 Å². The highest BCUT2D eigenvalue weighted by atomic mass is 35.5. The molecule has 1 fully saturated rings. The number of hydrogen-bond donors (Lipinski definition) is 1. The Bertz CT molecular complexity index is 1010. The van der Waals surface area contributed by atoms with E-state index in [1.54, 1.807) is 18.2 Å². The van der Waals surface area contributed by atoms with Crippen LogP contribution in [0.1, 0.15) is 12.8 Å². The molecule has 2 aromatic heterocycles. The van der Waals surface area contributed by atoms with Crippen molar-refractivity contribution in [2.75, 3.05) is 13.2 Å². The summed E-state index contributed by atoms with van der Waals surface area (Å²) in [5.74, 6) is 0.636. The van der Waals surface area contributed by atoms with Crippen LogP contribution in [0, 0.1) is 0 Å². The van der Waals surface area contributed by atoms with Gasteiger partial charge in [-0.05, 0) is 43.7 Å². The van der Waals surface area contributed by atoms with Gasteiger partial charge in [-0.25, -0.2) is 0 Å². The maximum Gasteiger partial charge on any atom is 0.293 e. The van der Waals surface area contributed by atoms with E-state index in [1.807, 2.05) is 6.07 Å². The molecule has 1 aromatic carbocycles. The van der Waals surface area contributed by atoms with Crippen molar-refractivity contribution < 1.29 is 13.2 Å². The largest absolute Gasteiger partial charge is 0.491 e. The Balaban J connectivity index is 1.68. The van der Waals surface area contributed by atoms with E-state index in [0.717, 1.165) is 34.8 Å². The van der Waals surface area contributed by atoms with Crippen LogP contribution < -0.4 is 10.1 Å². The molecule has 0 saturated carbocycles. The van der Waals surface area contributed by atoms with Crippen LogP contribution in [0.25, 0.3) is 10.9 Å². The lowest BCUT2D eigenvalue weighted by Crippen LogP contribution is -2.28. The molecule has 6 nitrogen and oxygen atoms in total. The van der Waals surface area contributed by atoms with Gasteiger partial charge in [-0.1, -0.05) is 17.7 Å². The van der Waals surface area contributed by atoms with Crippen LogP contribution in [-0.4, -0.2) is 36.8 Å². The van der Waals surface area contributed by atoms with Gasteiger partial charge in [0.1, 0.15) is 16.6 Å². The van der Waals surface area contributed by atoms with E-state index in [0.29, 0.717) is 33.6 Å². The van der Waals surface area contributed by atoms with Gasteiger partial charge in [-0.3, -0.25) is 0 Å². The number of ether oxygens (including phenoxy) is 1. The van der Waals surface area contributed by atoms with Gasteiger partial charge in [0.2, 0.25) is 0 Å². The molecule has 1 unspecified atom stereocenters. The zero-order valence-corrected chi connectivity index (χ0v) is 15.6. The third kappa shape index (κ3) is 3.15. The van der Waals surface area contributed by atoms with Crippen molar-refractivity contribution >= 4 is 43.9 Å². The molecule has 4 rings (SSSR count). The first-order valence-corrected chi connectivity index (χ1v) is 10.5. The monoisotopic (exact) mass is 397 g/mol. The molecule has 132 valence electrons. The number of aromatic nitrogens is 2. The van der Waals surface area contributed by atoms with Crippen molar-refractivity contribution in [2.24, 2.45) is 0 Å². The standard InChI is InChI=1S/C16H16ClN3O3S2/c17-15-6-7-16(24-15)25(21,22)20-13-4-1-5-14(12(13)9-19-20)23-10-11-3-2-8-18-11/h1,4-7,9,11,18H,2-3,8,10H2. The Morgan fingerprint density at radius 1 is 1.36 bits per heavy atom. The first kappa shape index (κ1) is 16.8. The van der Waals surface area contributed by atoms with E-state index < -0.39 is 10.0 Å². The summed E-state index contributed by atoms with van der Waals surface area (Å²) in [6, 6.07) is 8.71. The Morgan fingerprint density at radius 3 is 2.96 bits per heavy atom. The molecule has 0 amide bonds. The molecule has 0 radical (unpaired) electrons. The summed E-state index contributed by atoms with van der Waals surface area (Å²) in [4.78, 5) is 0. The number of nitrogens with one attached hydrogen (secondary N) is 1. The molecular formula is C16H16ClN3O3S2. The topological polar surface area (TPSA) is 73.2 Å². The van der Waals surface area contributed by atoms with Crippen LogP contribution in [0.4, 0.5) is 0 Å². The maximum absolute atomic E-state index is 12.8. The zero-order valence-electron chi connectivity index (χ0n) is 13.2. The lowest BCUT2D eigenvalue weighted by Gasteiger charge is -2.12.